The van der Waals surface area contributed by atoms with Gasteiger partial charge in [-0.1, -0.05) is 30.3 Å². The zero-order valence-corrected chi connectivity index (χ0v) is 16.3. The summed E-state index contributed by atoms with van der Waals surface area (Å²) in [5, 5.41) is 3.15. The van der Waals surface area contributed by atoms with Crippen LogP contribution < -0.4 is 11.1 Å². The quantitative estimate of drug-likeness (QED) is 0.495. The van der Waals surface area contributed by atoms with Crippen molar-refractivity contribution in [2.24, 2.45) is 10.7 Å². The van der Waals surface area contributed by atoms with Crippen LogP contribution in [0.1, 0.15) is 15.9 Å². The van der Waals surface area contributed by atoms with E-state index in [2.05, 4.69) is 15.3 Å². The number of amides is 1. The van der Waals surface area contributed by atoms with E-state index in [9.17, 15) is 18.0 Å². The molecule has 0 saturated heterocycles. The normalized spacial score (nSPS) is 12.8. The van der Waals surface area contributed by atoms with Crippen molar-refractivity contribution in [3.8, 4) is 11.1 Å². The number of pyridine rings is 1. The minimum Gasteiger partial charge on any atom is -0.395 e. The minimum atomic E-state index is -4.71. The molecule has 0 bridgehead atoms. The number of carbonyl (C=O) groups excluding carboxylic acids is 1. The summed E-state index contributed by atoms with van der Waals surface area (Å²) in [6.45, 7) is 2.01. The van der Waals surface area contributed by atoms with E-state index in [1.54, 1.807) is 24.4 Å². The molecule has 0 aliphatic rings. The van der Waals surface area contributed by atoms with Gasteiger partial charge in [0.2, 0.25) is 0 Å². The Kier molecular flexibility index (Phi) is 5.86. The fraction of sp³-hybridized carbons (Fsp3) is 0.136. The molecule has 0 saturated carbocycles. The van der Waals surface area contributed by atoms with Gasteiger partial charge in [0.05, 0.1) is 5.52 Å². The third-order valence-electron chi connectivity index (χ3n) is 4.50. The number of hydrogen-bond acceptors (Lipinski definition) is 4. The van der Waals surface area contributed by atoms with Crippen LogP contribution in [0.5, 0.6) is 0 Å². The number of nitrogens with zero attached hydrogens (tertiary/aromatic N) is 2. The van der Waals surface area contributed by atoms with Gasteiger partial charge in [-0.3, -0.25) is 14.8 Å². The first kappa shape index (κ1) is 21.0. The largest absolute Gasteiger partial charge is 0.430 e. The highest BCUT2D eigenvalue weighted by Gasteiger charge is 2.31. The van der Waals surface area contributed by atoms with Crippen LogP contribution in [-0.2, 0) is 0 Å². The van der Waals surface area contributed by atoms with Crippen LogP contribution in [0.2, 0.25) is 0 Å². The molecule has 0 spiro atoms. The lowest BCUT2D eigenvalue weighted by molar-refractivity contribution is -0.0925. The third-order valence-corrected chi connectivity index (χ3v) is 4.50. The summed E-state index contributed by atoms with van der Waals surface area (Å²) in [7, 11) is 1.25. The van der Waals surface area contributed by atoms with Crippen LogP contribution in [0.3, 0.4) is 0 Å². The van der Waals surface area contributed by atoms with Gasteiger partial charge in [-0.2, -0.15) is 13.2 Å². The smallest absolute Gasteiger partial charge is 0.395 e. The Hall–Kier alpha value is -3.68. The average Bonchev–Trinajstić information content (AvgIpc) is 2.72. The van der Waals surface area contributed by atoms with Crippen LogP contribution >= 0.6 is 0 Å². The molecule has 8 heteroatoms. The van der Waals surface area contributed by atoms with Crippen LogP contribution in [-0.4, -0.2) is 30.0 Å². The molecule has 1 amide bonds. The van der Waals surface area contributed by atoms with Crippen molar-refractivity contribution in [3.05, 3.63) is 77.6 Å². The molecular formula is C22H19F3N4O. The van der Waals surface area contributed by atoms with Gasteiger partial charge in [0.1, 0.15) is 11.5 Å². The van der Waals surface area contributed by atoms with Gasteiger partial charge < -0.3 is 11.1 Å². The van der Waals surface area contributed by atoms with Gasteiger partial charge in [0, 0.05) is 35.8 Å². The van der Waals surface area contributed by atoms with Gasteiger partial charge in [0.25, 0.3) is 5.91 Å². The third kappa shape index (κ3) is 4.65. The van der Waals surface area contributed by atoms with E-state index in [0.29, 0.717) is 11.6 Å². The summed E-state index contributed by atoms with van der Waals surface area (Å²) in [5.41, 5.74) is 7.58. The minimum absolute atomic E-state index is 0.235. The second-order valence-electron chi connectivity index (χ2n) is 6.61. The number of hydrogen-bond donors (Lipinski definition) is 2. The van der Waals surface area contributed by atoms with Gasteiger partial charge in [-0.15, -0.1) is 0 Å². The fourth-order valence-electron chi connectivity index (χ4n) is 2.88. The van der Waals surface area contributed by atoms with Crippen molar-refractivity contribution in [1.29, 1.82) is 0 Å². The molecule has 30 heavy (non-hydrogen) atoms. The number of benzene rings is 2. The predicted octanol–water partition coefficient (Wildman–Crippen LogP) is 4.37. The monoisotopic (exact) mass is 412 g/mol. The van der Waals surface area contributed by atoms with E-state index in [4.69, 9.17) is 5.73 Å². The SMILES string of the molecule is CN=C(/C=C(\N)C(F)(F)F)NC(=O)c1ccc2cc(-c3ccccc3C)cnc2c1. The summed E-state index contributed by atoms with van der Waals surface area (Å²) >= 11 is 0. The molecule has 1 aromatic heterocycles. The van der Waals surface area contributed by atoms with E-state index in [1.807, 2.05) is 37.3 Å². The molecular weight excluding hydrogens is 393 g/mol. The van der Waals surface area contributed by atoms with E-state index in [0.717, 1.165) is 22.1 Å². The second-order valence-corrected chi connectivity index (χ2v) is 6.61. The van der Waals surface area contributed by atoms with Gasteiger partial charge in [0.15, 0.2) is 0 Å². The molecule has 3 N–H and O–H groups in total. The number of fused-ring (bicyclic) bond motifs is 1. The highest BCUT2D eigenvalue weighted by atomic mass is 19.4. The maximum Gasteiger partial charge on any atom is 0.430 e. The van der Waals surface area contributed by atoms with Crippen LogP contribution in [0, 0.1) is 6.92 Å². The first-order chi connectivity index (χ1) is 14.2. The van der Waals surface area contributed by atoms with E-state index >= 15 is 0 Å². The summed E-state index contributed by atoms with van der Waals surface area (Å²) in [5.74, 6) is -0.911. The molecule has 0 aliphatic carbocycles. The number of halogens is 3. The first-order valence-electron chi connectivity index (χ1n) is 8.97. The lowest BCUT2D eigenvalue weighted by atomic mass is 10.0. The Morgan fingerprint density at radius 3 is 2.57 bits per heavy atom. The Balaban J connectivity index is 1.86. The highest BCUT2D eigenvalue weighted by Crippen LogP contribution is 2.26. The molecule has 2 aromatic carbocycles. The molecule has 1 heterocycles. The number of allylic oxidation sites excluding steroid dienone is 1. The van der Waals surface area contributed by atoms with Gasteiger partial charge in [-0.05, 0) is 36.2 Å². The molecule has 0 atom stereocenters. The lowest BCUT2D eigenvalue weighted by Crippen LogP contribution is -2.31. The van der Waals surface area contributed by atoms with Crippen LogP contribution in [0.15, 0.2) is 71.5 Å². The Morgan fingerprint density at radius 2 is 1.90 bits per heavy atom. The molecule has 154 valence electrons. The van der Waals surface area contributed by atoms with Crippen molar-refractivity contribution in [3.63, 3.8) is 0 Å². The fourth-order valence-corrected chi connectivity index (χ4v) is 2.88. The second kappa shape index (κ2) is 8.36. The van der Waals surface area contributed by atoms with E-state index < -0.39 is 17.8 Å². The number of aryl methyl sites for hydroxylation is 1. The summed E-state index contributed by atoms with van der Waals surface area (Å²) in [4.78, 5) is 20.5. The molecule has 0 radical (unpaired) electrons. The Bertz CT molecular complexity index is 1170. The maximum absolute atomic E-state index is 12.6. The number of nitrogens with one attached hydrogen (secondary N) is 1. The van der Waals surface area contributed by atoms with Crippen molar-refractivity contribution in [2.45, 2.75) is 13.1 Å². The first-order valence-corrected chi connectivity index (χ1v) is 8.97. The molecule has 3 rings (SSSR count). The Morgan fingerprint density at radius 1 is 1.17 bits per heavy atom. The topological polar surface area (TPSA) is 80.4 Å². The van der Waals surface area contributed by atoms with E-state index in [1.165, 1.54) is 7.05 Å². The Labute approximate surface area is 171 Å². The van der Waals surface area contributed by atoms with Gasteiger partial charge in [-0.25, -0.2) is 0 Å². The molecule has 0 aliphatic heterocycles. The van der Waals surface area contributed by atoms with Crippen molar-refractivity contribution < 1.29 is 18.0 Å². The number of aliphatic imine (C=N–C) groups is 1. The number of nitrogens with two attached hydrogens (primary N) is 1. The molecule has 5 nitrogen and oxygen atoms in total. The number of carbonyl (C=O) groups is 1. The van der Waals surface area contributed by atoms with Gasteiger partial charge >= 0.3 is 6.18 Å². The summed E-state index contributed by atoms with van der Waals surface area (Å²) < 4.78 is 37.8. The van der Waals surface area contributed by atoms with Crippen LogP contribution in [0.25, 0.3) is 22.0 Å². The van der Waals surface area contributed by atoms with E-state index in [-0.39, 0.29) is 11.4 Å². The van der Waals surface area contributed by atoms with Crippen molar-refractivity contribution >= 4 is 22.6 Å². The highest BCUT2D eigenvalue weighted by molar-refractivity contribution is 6.11. The number of rotatable bonds is 3. The predicted molar refractivity (Wildman–Crippen MR) is 111 cm³/mol. The zero-order valence-electron chi connectivity index (χ0n) is 16.3. The molecule has 3 aromatic rings. The number of aromatic nitrogens is 1. The lowest BCUT2D eigenvalue weighted by Gasteiger charge is -2.10. The molecule has 0 unspecified atom stereocenters. The summed E-state index contributed by atoms with van der Waals surface area (Å²) in [6, 6.07) is 14.8. The standard InChI is InChI=1S/C22H19F3N4O/c1-13-5-3-4-6-17(13)16-9-14-7-8-15(10-18(14)28-12-16)21(30)29-20(27-2)11-19(26)22(23,24)25/h3-12H,26H2,1-2H3,(H,27,29,30)/b19-11-. The zero-order chi connectivity index (χ0) is 21.9. The maximum atomic E-state index is 12.6. The summed E-state index contributed by atoms with van der Waals surface area (Å²) in [6.07, 6.45) is -2.41. The van der Waals surface area contributed by atoms with Crippen molar-refractivity contribution in [1.82, 2.24) is 10.3 Å². The molecule has 0 fully saturated rings. The number of amidine groups is 1. The van der Waals surface area contributed by atoms with Crippen molar-refractivity contribution in [2.75, 3.05) is 7.05 Å². The van der Waals surface area contributed by atoms with Crippen LogP contribution in [0.4, 0.5) is 13.2 Å². The number of alkyl halides is 3. The average molecular weight is 412 g/mol.